The van der Waals surface area contributed by atoms with Crippen LogP contribution >= 0.6 is 0 Å². The van der Waals surface area contributed by atoms with Crippen molar-refractivity contribution < 1.29 is 14.6 Å². The summed E-state index contributed by atoms with van der Waals surface area (Å²) >= 11 is 0. The first-order valence-corrected chi connectivity index (χ1v) is 6.09. The lowest BCUT2D eigenvalue weighted by Gasteiger charge is -2.39. The van der Waals surface area contributed by atoms with Crippen LogP contribution in [-0.2, 0) is 9.47 Å². The second kappa shape index (κ2) is 5.10. The van der Waals surface area contributed by atoms with Gasteiger partial charge >= 0.3 is 0 Å². The molecule has 3 nitrogen and oxygen atoms in total. The molecule has 1 fully saturated rings. The average molecular weight is 204 g/mol. The Balaban J connectivity index is 2.52. The van der Waals surface area contributed by atoms with E-state index in [9.17, 15) is 5.11 Å². The molecule has 0 amide bonds. The van der Waals surface area contributed by atoms with Gasteiger partial charge in [-0.3, -0.25) is 0 Å². The maximum atomic E-state index is 9.19. The lowest BCUT2D eigenvalue weighted by atomic mass is 10.0. The Morgan fingerprint density at radius 1 is 1.62 bits per heavy atom. The van der Waals surface area contributed by atoms with E-state index in [1.807, 2.05) is 6.92 Å². The van der Waals surface area contributed by atoms with E-state index in [1.165, 1.54) is 6.42 Å². The van der Waals surface area contributed by atoms with Crippen LogP contribution in [0.25, 0.3) is 0 Å². The molecular weight excluding hydrogens is 184 g/mol. The summed E-state index contributed by atoms with van der Waals surface area (Å²) in [7, 11) is 0.930. The summed E-state index contributed by atoms with van der Waals surface area (Å²) in [5.41, 5.74) is 0. The zero-order valence-electron chi connectivity index (χ0n) is 8.58. The molecule has 78 valence electrons. The van der Waals surface area contributed by atoms with Crippen LogP contribution in [0.15, 0.2) is 0 Å². The van der Waals surface area contributed by atoms with Gasteiger partial charge in [-0.2, -0.15) is 0 Å². The van der Waals surface area contributed by atoms with Gasteiger partial charge in [0, 0.05) is 23.5 Å². The third kappa shape index (κ3) is 2.77. The predicted octanol–water partition coefficient (Wildman–Crippen LogP) is -0.354. The molecule has 1 saturated heterocycles. The van der Waals surface area contributed by atoms with Crippen molar-refractivity contribution in [3.8, 4) is 0 Å². The summed E-state index contributed by atoms with van der Waals surface area (Å²) in [5, 5.41) is 9.06. The third-order valence-corrected chi connectivity index (χ3v) is 4.15. The molecule has 0 aromatic carbocycles. The fourth-order valence-corrected chi connectivity index (χ4v) is 2.74. The Labute approximate surface area is 82.8 Å². The molecule has 13 heavy (non-hydrogen) atoms. The van der Waals surface area contributed by atoms with Gasteiger partial charge in [0.2, 0.25) is 0 Å². The maximum absolute atomic E-state index is 9.19. The molecule has 0 saturated carbocycles. The van der Waals surface area contributed by atoms with Gasteiger partial charge in [-0.15, -0.1) is 0 Å². The molecule has 0 bridgehead atoms. The fraction of sp³-hybridized carbons (Fsp3) is 1.00. The van der Waals surface area contributed by atoms with E-state index in [4.69, 9.17) is 9.47 Å². The van der Waals surface area contributed by atoms with Crippen molar-refractivity contribution >= 4 is 10.2 Å². The highest BCUT2D eigenvalue weighted by Gasteiger charge is 2.36. The second-order valence-corrected chi connectivity index (χ2v) is 5.44. The van der Waals surface area contributed by atoms with Crippen molar-refractivity contribution in [3.05, 3.63) is 0 Å². The van der Waals surface area contributed by atoms with Gasteiger partial charge in [0.1, 0.15) is 6.10 Å². The molecule has 4 heteroatoms. The molecular formula is C9H20O3Si. The highest BCUT2D eigenvalue weighted by atomic mass is 28.1. The minimum atomic E-state index is -0.136. The first kappa shape index (κ1) is 11.2. The second-order valence-electron chi connectivity index (χ2n) is 3.74. The van der Waals surface area contributed by atoms with Crippen LogP contribution in [0.3, 0.4) is 0 Å². The Morgan fingerprint density at radius 3 is 2.85 bits per heavy atom. The summed E-state index contributed by atoms with van der Waals surface area (Å²) in [5.74, 6) is 0. The summed E-state index contributed by atoms with van der Waals surface area (Å²) < 4.78 is 11.2. The number of rotatable bonds is 4. The number of ether oxygens (including phenoxy) is 2. The number of hydrogen-bond acceptors (Lipinski definition) is 3. The van der Waals surface area contributed by atoms with Gasteiger partial charge in [0.05, 0.1) is 11.8 Å². The topological polar surface area (TPSA) is 38.7 Å². The first-order chi connectivity index (χ1) is 6.23. The normalized spacial score (nSPS) is 31.8. The standard InChI is InChI=1S/C9H20O3Si/c1-2-11-8(7-10)9(13)5-3-4-6-12-9/h8,10H,2-7H2,1,13H3. The Bertz CT molecular complexity index is 146. The highest BCUT2D eigenvalue weighted by Crippen LogP contribution is 2.26. The summed E-state index contributed by atoms with van der Waals surface area (Å²) in [6, 6.07) is 0. The van der Waals surface area contributed by atoms with Crippen LogP contribution < -0.4 is 0 Å². The van der Waals surface area contributed by atoms with E-state index in [2.05, 4.69) is 0 Å². The van der Waals surface area contributed by atoms with Crippen molar-refractivity contribution in [2.75, 3.05) is 19.8 Å². The molecule has 0 aliphatic carbocycles. The third-order valence-electron chi connectivity index (χ3n) is 2.71. The number of hydrogen-bond donors (Lipinski definition) is 1. The molecule has 0 spiro atoms. The zero-order valence-corrected chi connectivity index (χ0v) is 10.6. The molecule has 0 aromatic rings. The number of aliphatic hydroxyl groups is 1. The van der Waals surface area contributed by atoms with E-state index in [0.29, 0.717) is 6.61 Å². The van der Waals surface area contributed by atoms with Crippen LogP contribution in [0.4, 0.5) is 0 Å². The molecule has 0 radical (unpaired) electrons. The van der Waals surface area contributed by atoms with E-state index < -0.39 is 0 Å². The molecule has 2 atom stereocenters. The fourth-order valence-electron chi connectivity index (χ4n) is 1.83. The smallest absolute Gasteiger partial charge is 0.105 e. The predicted molar refractivity (Wildman–Crippen MR) is 55.0 cm³/mol. The Kier molecular flexibility index (Phi) is 4.38. The van der Waals surface area contributed by atoms with Crippen molar-refractivity contribution in [3.63, 3.8) is 0 Å². The Morgan fingerprint density at radius 2 is 2.38 bits per heavy atom. The van der Waals surface area contributed by atoms with Gasteiger partial charge in [-0.05, 0) is 26.2 Å². The van der Waals surface area contributed by atoms with E-state index in [-0.39, 0.29) is 17.9 Å². The first-order valence-electron chi connectivity index (χ1n) is 5.09. The van der Waals surface area contributed by atoms with Crippen molar-refractivity contribution in [2.24, 2.45) is 0 Å². The minimum absolute atomic E-state index is 0.0807. The molecule has 1 aliphatic heterocycles. The lowest BCUT2D eigenvalue weighted by molar-refractivity contribution is -0.131. The van der Waals surface area contributed by atoms with Crippen LogP contribution in [-0.4, -0.2) is 46.5 Å². The van der Waals surface area contributed by atoms with Crippen molar-refractivity contribution in [1.29, 1.82) is 0 Å². The van der Waals surface area contributed by atoms with Crippen molar-refractivity contribution in [2.45, 2.75) is 37.5 Å². The highest BCUT2D eigenvalue weighted by molar-refractivity contribution is 6.15. The van der Waals surface area contributed by atoms with Crippen LogP contribution in [0.5, 0.6) is 0 Å². The van der Waals surface area contributed by atoms with E-state index in [1.54, 1.807) is 0 Å². The molecule has 1 N–H and O–H groups in total. The van der Waals surface area contributed by atoms with Crippen LogP contribution in [0, 0.1) is 0 Å². The molecule has 1 aliphatic rings. The molecule has 0 aromatic heterocycles. The van der Waals surface area contributed by atoms with Gasteiger partial charge < -0.3 is 14.6 Å². The van der Waals surface area contributed by atoms with Gasteiger partial charge in [-0.1, -0.05) is 0 Å². The molecule has 1 heterocycles. The maximum Gasteiger partial charge on any atom is 0.105 e. The quantitative estimate of drug-likeness (QED) is 0.636. The minimum Gasteiger partial charge on any atom is -0.394 e. The van der Waals surface area contributed by atoms with Crippen LogP contribution in [0.2, 0.25) is 0 Å². The van der Waals surface area contributed by atoms with E-state index in [0.717, 1.165) is 29.7 Å². The zero-order chi connectivity index (χ0) is 9.73. The molecule has 1 rings (SSSR count). The lowest BCUT2D eigenvalue weighted by Crippen LogP contribution is -2.51. The van der Waals surface area contributed by atoms with Gasteiger partial charge in [-0.25, -0.2) is 0 Å². The van der Waals surface area contributed by atoms with Crippen LogP contribution in [0.1, 0.15) is 26.2 Å². The van der Waals surface area contributed by atoms with Gasteiger partial charge in [0.15, 0.2) is 0 Å². The van der Waals surface area contributed by atoms with Crippen molar-refractivity contribution in [1.82, 2.24) is 0 Å². The SMILES string of the molecule is CCOC(CO)C1([SiH3])CCCCO1. The Hall–Kier alpha value is 0.0969. The van der Waals surface area contributed by atoms with E-state index >= 15 is 0 Å². The van der Waals surface area contributed by atoms with Gasteiger partial charge in [0.25, 0.3) is 0 Å². The average Bonchev–Trinajstić information content (AvgIpc) is 2.15. The largest absolute Gasteiger partial charge is 0.394 e. The summed E-state index contributed by atoms with van der Waals surface area (Å²) in [6.45, 7) is 3.51. The number of aliphatic hydroxyl groups excluding tert-OH is 1. The summed E-state index contributed by atoms with van der Waals surface area (Å²) in [4.78, 5) is 0. The summed E-state index contributed by atoms with van der Waals surface area (Å²) in [6.07, 6.45) is 3.29. The molecule has 2 unspecified atom stereocenters. The monoisotopic (exact) mass is 204 g/mol.